The van der Waals surface area contributed by atoms with E-state index in [0.29, 0.717) is 96.8 Å². The molecule has 0 fully saturated rings. The van der Waals surface area contributed by atoms with Gasteiger partial charge in [0.05, 0.1) is 90.4 Å². The third-order valence-corrected chi connectivity index (χ3v) is 9.78. The first kappa shape index (κ1) is 40.6. The molecular weight excluding hydrogens is 716 g/mol. The second-order valence-corrected chi connectivity index (χ2v) is 12.5. The highest BCUT2D eigenvalue weighted by Crippen LogP contribution is 2.54. The maximum atomic E-state index is 12.7. The Bertz CT molecular complexity index is 1890. The fourth-order valence-electron chi connectivity index (χ4n) is 7.19. The van der Waals surface area contributed by atoms with Crippen LogP contribution in [0.25, 0.3) is 0 Å². The van der Waals surface area contributed by atoms with E-state index in [9.17, 15) is 10.2 Å². The van der Waals surface area contributed by atoms with Crippen LogP contribution < -0.4 is 56.8 Å². The molecule has 0 amide bonds. The van der Waals surface area contributed by atoms with Crippen molar-refractivity contribution in [2.45, 2.75) is 37.1 Å². The van der Waals surface area contributed by atoms with Gasteiger partial charge in [0.2, 0.25) is 11.5 Å². The standard InChI is InChI=1S/C41H50O14/c1-44-23-16-28(45-2)24(29(17-23)46-3)18-26(42)36(21-12-32(49-6)40(53-10)33(13-21)50-7)37-31(48-5)20-30(47-4)25-19-27(43)38(55-39(25)37)22-14-34(51-8)41(54-11)35(15-22)52-9/h12-17,20,26-27,36,38,42-43H,18-19H2,1-11H3/t26-,27-,36-,38-/m1/s1. The highest BCUT2D eigenvalue weighted by molar-refractivity contribution is 5.65. The van der Waals surface area contributed by atoms with Crippen LogP contribution in [0.4, 0.5) is 0 Å². The fourth-order valence-corrected chi connectivity index (χ4v) is 7.19. The lowest BCUT2D eigenvalue weighted by molar-refractivity contribution is 0.0179. The lowest BCUT2D eigenvalue weighted by Crippen LogP contribution is -2.33. The number of ether oxygens (including phenoxy) is 12. The Morgan fingerprint density at radius 1 is 0.564 bits per heavy atom. The number of hydrogen-bond acceptors (Lipinski definition) is 14. The normalized spacial score (nSPS) is 15.7. The molecule has 0 saturated carbocycles. The van der Waals surface area contributed by atoms with E-state index in [-0.39, 0.29) is 12.8 Å². The highest BCUT2D eigenvalue weighted by Gasteiger charge is 2.40. The summed E-state index contributed by atoms with van der Waals surface area (Å²) in [5, 5.41) is 24.4. The number of methoxy groups -OCH3 is 11. The van der Waals surface area contributed by atoms with E-state index in [1.54, 1.807) is 49.6 Å². The van der Waals surface area contributed by atoms with E-state index in [2.05, 4.69) is 0 Å². The molecule has 14 nitrogen and oxygen atoms in total. The molecular formula is C41H50O14. The van der Waals surface area contributed by atoms with E-state index in [1.165, 1.54) is 71.1 Å². The smallest absolute Gasteiger partial charge is 0.203 e. The van der Waals surface area contributed by atoms with E-state index in [4.69, 9.17) is 56.8 Å². The second kappa shape index (κ2) is 17.7. The van der Waals surface area contributed by atoms with Crippen molar-refractivity contribution >= 4 is 0 Å². The molecule has 4 atom stereocenters. The molecule has 0 bridgehead atoms. The van der Waals surface area contributed by atoms with Gasteiger partial charge in [-0.2, -0.15) is 0 Å². The molecule has 2 N–H and O–H groups in total. The van der Waals surface area contributed by atoms with E-state index in [0.717, 1.165) is 0 Å². The second-order valence-electron chi connectivity index (χ2n) is 12.5. The average Bonchev–Trinajstić information content (AvgIpc) is 3.22. The lowest BCUT2D eigenvalue weighted by Gasteiger charge is -2.36. The Labute approximate surface area is 321 Å². The molecule has 0 saturated heterocycles. The van der Waals surface area contributed by atoms with Crippen LogP contribution in [-0.4, -0.2) is 101 Å². The van der Waals surface area contributed by atoms with Crippen molar-refractivity contribution in [3.63, 3.8) is 0 Å². The maximum Gasteiger partial charge on any atom is 0.203 e. The fraction of sp³-hybridized carbons (Fsp3) is 0.415. The summed E-state index contributed by atoms with van der Waals surface area (Å²) in [5.74, 6) is 3.87. The van der Waals surface area contributed by atoms with Crippen LogP contribution in [0.15, 0.2) is 42.5 Å². The number of fused-ring (bicyclic) bond motifs is 1. The molecule has 55 heavy (non-hydrogen) atoms. The van der Waals surface area contributed by atoms with Crippen molar-refractivity contribution in [3.8, 4) is 69.0 Å². The Morgan fingerprint density at radius 3 is 1.47 bits per heavy atom. The van der Waals surface area contributed by atoms with E-state index in [1.807, 2.05) is 0 Å². The first-order valence-corrected chi connectivity index (χ1v) is 17.3. The van der Waals surface area contributed by atoms with Gasteiger partial charge >= 0.3 is 0 Å². The molecule has 1 aliphatic heterocycles. The van der Waals surface area contributed by atoms with Crippen LogP contribution in [0.3, 0.4) is 0 Å². The summed E-state index contributed by atoms with van der Waals surface area (Å²) in [4.78, 5) is 0. The molecule has 0 spiro atoms. The third-order valence-electron chi connectivity index (χ3n) is 9.78. The van der Waals surface area contributed by atoms with Gasteiger partial charge < -0.3 is 67.1 Å². The van der Waals surface area contributed by atoms with Crippen LogP contribution in [0, 0.1) is 0 Å². The Hall–Kier alpha value is -5.60. The van der Waals surface area contributed by atoms with Gasteiger partial charge in [-0.25, -0.2) is 0 Å². The Morgan fingerprint density at radius 2 is 1.04 bits per heavy atom. The molecule has 1 heterocycles. The molecule has 5 rings (SSSR count). The molecule has 0 aromatic heterocycles. The van der Waals surface area contributed by atoms with Crippen LogP contribution in [0.1, 0.15) is 39.8 Å². The predicted molar refractivity (Wildman–Crippen MR) is 202 cm³/mol. The van der Waals surface area contributed by atoms with Gasteiger partial charge in [0.25, 0.3) is 0 Å². The SMILES string of the molecule is COc1cc(OC)c(C[C@@H](O)[C@@H](c2cc(OC)c(OC)c(OC)c2)c2c(OC)cc(OC)c3c2O[C@H](c2cc(OC)c(OC)c(OC)c2)[C@H](O)C3)c(OC)c1. The summed E-state index contributed by atoms with van der Waals surface area (Å²) < 4.78 is 69.8. The zero-order valence-electron chi connectivity index (χ0n) is 33.1. The lowest BCUT2D eigenvalue weighted by atomic mass is 9.80. The number of benzene rings is 4. The van der Waals surface area contributed by atoms with Crippen molar-refractivity contribution in [1.29, 1.82) is 0 Å². The van der Waals surface area contributed by atoms with Gasteiger partial charge in [0.15, 0.2) is 29.1 Å². The maximum absolute atomic E-state index is 12.7. The molecule has 0 aliphatic carbocycles. The first-order chi connectivity index (χ1) is 26.6. The van der Waals surface area contributed by atoms with Gasteiger partial charge in [0.1, 0.15) is 34.5 Å². The minimum absolute atomic E-state index is 0.0283. The molecule has 4 aromatic carbocycles. The summed E-state index contributed by atoms with van der Waals surface area (Å²) in [6, 6.07) is 12.2. The molecule has 14 heteroatoms. The molecule has 4 aromatic rings. The van der Waals surface area contributed by atoms with Gasteiger partial charge in [-0.3, -0.25) is 0 Å². The van der Waals surface area contributed by atoms with Gasteiger partial charge in [-0.05, 0) is 29.8 Å². The minimum Gasteiger partial charge on any atom is -0.496 e. The van der Waals surface area contributed by atoms with Gasteiger partial charge in [0, 0.05) is 59.2 Å². The van der Waals surface area contributed by atoms with Crippen LogP contribution in [0.2, 0.25) is 0 Å². The average molecular weight is 767 g/mol. The van der Waals surface area contributed by atoms with Gasteiger partial charge in [-0.1, -0.05) is 0 Å². The minimum atomic E-state index is -1.21. The summed E-state index contributed by atoms with van der Waals surface area (Å²) in [6.45, 7) is 0. The molecule has 1 aliphatic rings. The summed E-state index contributed by atoms with van der Waals surface area (Å²) in [7, 11) is 16.7. The molecule has 298 valence electrons. The van der Waals surface area contributed by atoms with Crippen molar-refractivity contribution in [3.05, 3.63) is 70.3 Å². The van der Waals surface area contributed by atoms with Crippen LogP contribution in [0.5, 0.6) is 69.0 Å². The first-order valence-electron chi connectivity index (χ1n) is 17.3. The van der Waals surface area contributed by atoms with Crippen molar-refractivity contribution in [2.24, 2.45) is 0 Å². The molecule has 0 unspecified atom stereocenters. The van der Waals surface area contributed by atoms with Crippen molar-refractivity contribution in [1.82, 2.24) is 0 Å². The van der Waals surface area contributed by atoms with Crippen molar-refractivity contribution < 1.29 is 67.1 Å². The van der Waals surface area contributed by atoms with E-state index < -0.39 is 24.2 Å². The Kier molecular flexibility index (Phi) is 13.1. The quantitative estimate of drug-likeness (QED) is 0.138. The summed E-state index contributed by atoms with van der Waals surface area (Å²) in [5.41, 5.74) is 2.74. The molecule has 0 radical (unpaired) electrons. The zero-order chi connectivity index (χ0) is 40.0. The van der Waals surface area contributed by atoms with Crippen LogP contribution in [-0.2, 0) is 12.8 Å². The summed E-state index contributed by atoms with van der Waals surface area (Å²) in [6.07, 6.45) is -3.03. The number of aliphatic hydroxyl groups is 2. The monoisotopic (exact) mass is 766 g/mol. The van der Waals surface area contributed by atoms with Gasteiger partial charge in [-0.15, -0.1) is 0 Å². The topological polar surface area (TPSA) is 151 Å². The number of hydrogen-bond donors (Lipinski definition) is 2. The highest BCUT2D eigenvalue weighted by atomic mass is 16.5. The largest absolute Gasteiger partial charge is 0.496 e. The predicted octanol–water partition coefficient (Wildman–Crippen LogP) is 5.55. The number of aliphatic hydroxyl groups excluding tert-OH is 2. The van der Waals surface area contributed by atoms with Crippen LogP contribution >= 0.6 is 0 Å². The summed E-state index contributed by atoms with van der Waals surface area (Å²) >= 11 is 0. The Balaban J connectivity index is 1.81. The zero-order valence-corrected chi connectivity index (χ0v) is 33.1. The van der Waals surface area contributed by atoms with E-state index >= 15 is 0 Å². The number of rotatable bonds is 17. The van der Waals surface area contributed by atoms with Crippen molar-refractivity contribution in [2.75, 3.05) is 78.2 Å². The third kappa shape index (κ3) is 7.69.